The molecular weight excluding hydrogens is 546 g/mol. The van der Waals surface area contributed by atoms with Gasteiger partial charge in [-0.2, -0.15) is 0 Å². The molecule has 10 heteroatoms. The lowest BCUT2D eigenvalue weighted by atomic mass is 10.1. The lowest BCUT2D eigenvalue weighted by Crippen LogP contribution is -2.42. The third-order valence-corrected chi connectivity index (χ3v) is 6.44. The van der Waals surface area contributed by atoms with E-state index in [2.05, 4.69) is 20.3 Å². The van der Waals surface area contributed by atoms with Gasteiger partial charge in [0.05, 0.1) is 17.5 Å². The molecule has 1 unspecified atom stereocenters. The van der Waals surface area contributed by atoms with E-state index in [-0.39, 0.29) is 53.0 Å². The molecule has 2 aromatic rings. The molecule has 0 heterocycles. The average molecular weight is 576 g/mol. The first-order chi connectivity index (χ1) is 14.9. The number of hydrogen-bond acceptors (Lipinski definition) is 4. The third kappa shape index (κ3) is 7.89. The third-order valence-electron chi connectivity index (χ3n) is 4.97. The minimum atomic E-state index is -3.55. The van der Waals surface area contributed by atoms with Crippen molar-refractivity contribution >= 4 is 40.0 Å². The minimum absolute atomic E-state index is 0. The summed E-state index contributed by atoms with van der Waals surface area (Å²) in [4.78, 5) is 4.36. The molecular formula is C22H30FIN4O3S. The van der Waals surface area contributed by atoms with Crippen molar-refractivity contribution < 1.29 is 17.5 Å². The molecule has 0 bridgehead atoms. The van der Waals surface area contributed by atoms with Gasteiger partial charge in [0.15, 0.2) is 17.5 Å². The maximum absolute atomic E-state index is 14.3. The molecule has 0 aromatic heterocycles. The summed E-state index contributed by atoms with van der Waals surface area (Å²) in [5, 5.41) is 6.23. The van der Waals surface area contributed by atoms with Gasteiger partial charge in [-0.05, 0) is 55.5 Å². The number of guanidine groups is 1. The molecule has 3 N–H and O–H groups in total. The molecule has 32 heavy (non-hydrogen) atoms. The van der Waals surface area contributed by atoms with Crippen molar-refractivity contribution in [2.45, 2.75) is 30.7 Å². The molecule has 7 nitrogen and oxygen atoms in total. The van der Waals surface area contributed by atoms with E-state index in [1.807, 2.05) is 13.0 Å². The Kier molecular flexibility index (Phi) is 10.2. The largest absolute Gasteiger partial charge is 0.490 e. The molecule has 0 radical (unpaired) electrons. The number of nitrogens with one attached hydrogen (secondary N) is 3. The standard InChI is InChI=1S/C22H29FN4O3S.HI/c1-16(18-10-11-21(20(23)14-18)30-15-17-8-9-17)27-22(24-2)25-12-13-26-31(28,29)19-6-4-3-5-7-19;/h3-7,10-11,14,16-17,26H,8-9,12-13,15H2,1-2H3,(H2,24,25,27);1H. The zero-order valence-electron chi connectivity index (χ0n) is 18.2. The Morgan fingerprint density at radius 2 is 1.91 bits per heavy atom. The van der Waals surface area contributed by atoms with Gasteiger partial charge in [-0.3, -0.25) is 4.99 Å². The van der Waals surface area contributed by atoms with E-state index >= 15 is 0 Å². The van der Waals surface area contributed by atoms with Crippen LogP contribution in [0.25, 0.3) is 0 Å². The Labute approximate surface area is 206 Å². The highest BCUT2D eigenvalue weighted by molar-refractivity contribution is 14.0. The van der Waals surface area contributed by atoms with Crippen LogP contribution in [0.5, 0.6) is 5.75 Å². The number of sulfonamides is 1. The van der Waals surface area contributed by atoms with Crippen LogP contribution in [0.15, 0.2) is 58.4 Å². The predicted octanol–water partition coefficient (Wildman–Crippen LogP) is 3.44. The van der Waals surface area contributed by atoms with Gasteiger partial charge in [0, 0.05) is 20.1 Å². The second-order valence-corrected chi connectivity index (χ2v) is 9.29. The summed E-state index contributed by atoms with van der Waals surface area (Å²) in [6.45, 7) is 2.98. The van der Waals surface area contributed by atoms with E-state index in [4.69, 9.17) is 4.74 Å². The SMILES string of the molecule is CN=C(NCCNS(=O)(=O)c1ccccc1)NC(C)c1ccc(OCC2CC2)c(F)c1.I. The summed E-state index contributed by atoms with van der Waals surface area (Å²) >= 11 is 0. The number of ether oxygens (including phenoxy) is 1. The Morgan fingerprint density at radius 3 is 2.53 bits per heavy atom. The van der Waals surface area contributed by atoms with Gasteiger partial charge in [0.25, 0.3) is 0 Å². The van der Waals surface area contributed by atoms with Gasteiger partial charge < -0.3 is 15.4 Å². The van der Waals surface area contributed by atoms with Crippen LogP contribution in [0.2, 0.25) is 0 Å². The molecule has 0 aliphatic heterocycles. The second-order valence-electron chi connectivity index (χ2n) is 7.52. The zero-order valence-corrected chi connectivity index (χ0v) is 21.3. The summed E-state index contributed by atoms with van der Waals surface area (Å²) < 4.78 is 46.9. The van der Waals surface area contributed by atoms with Gasteiger partial charge in [0.1, 0.15) is 0 Å². The summed E-state index contributed by atoms with van der Waals surface area (Å²) in [6.07, 6.45) is 2.31. The average Bonchev–Trinajstić information content (AvgIpc) is 3.60. The number of rotatable bonds is 10. The van der Waals surface area contributed by atoms with Gasteiger partial charge in [0.2, 0.25) is 10.0 Å². The van der Waals surface area contributed by atoms with Crippen molar-refractivity contribution in [3.8, 4) is 5.75 Å². The maximum atomic E-state index is 14.3. The molecule has 176 valence electrons. The topological polar surface area (TPSA) is 91.8 Å². The van der Waals surface area contributed by atoms with E-state index in [9.17, 15) is 12.8 Å². The van der Waals surface area contributed by atoms with Crippen molar-refractivity contribution in [3.05, 3.63) is 59.9 Å². The van der Waals surface area contributed by atoms with E-state index in [0.29, 0.717) is 25.0 Å². The number of benzene rings is 2. The fraction of sp³-hybridized carbons (Fsp3) is 0.409. The first kappa shape index (κ1) is 26.3. The van der Waals surface area contributed by atoms with Crippen LogP contribution < -0.4 is 20.1 Å². The number of aliphatic imine (C=N–C) groups is 1. The monoisotopic (exact) mass is 576 g/mol. The predicted molar refractivity (Wildman–Crippen MR) is 135 cm³/mol. The van der Waals surface area contributed by atoms with Crippen LogP contribution in [0.3, 0.4) is 0 Å². The molecule has 0 amide bonds. The van der Waals surface area contributed by atoms with Crippen molar-refractivity contribution in [3.63, 3.8) is 0 Å². The van der Waals surface area contributed by atoms with Crippen LogP contribution in [-0.4, -0.2) is 41.1 Å². The van der Waals surface area contributed by atoms with Crippen LogP contribution >= 0.6 is 24.0 Å². The van der Waals surface area contributed by atoms with Gasteiger partial charge in [-0.1, -0.05) is 24.3 Å². The normalized spacial score (nSPS) is 14.9. The van der Waals surface area contributed by atoms with Gasteiger partial charge >= 0.3 is 0 Å². The van der Waals surface area contributed by atoms with Crippen LogP contribution in [0.4, 0.5) is 4.39 Å². The highest BCUT2D eigenvalue weighted by Gasteiger charge is 2.22. The van der Waals surface area contributed by atoms with Crippen LogP contribution in [0, 0.1) is 11.7 Å². The smallest absolute Gasteiger partial charge is 0.240 e. The Hall–Kier alpha value is -1.92. The highest BCUT2D eigenvalue weighted by Crippen LogP contribution is 2.30. The maximum Gasteiger partial charge on any atom is 0.240 e. The van der Waals surface area contributed by atoms with Crippen LogP contribution in [0.1, 0.15) is 31.4 Å². The van der Waals surface area contributed by atoms with Crippen molar-refractivity contribution in [2.24, 2.45) is 10.9 Å². The highest BCUT2D eigenvalue weighted by atomic mass is 127. The minimum Gasteiger partial charge on any atom is -0.490 e. The number of nitrogens with zero attached hydrogens (tertiary/aromatic N) is 1. The molecule has 2 aromatic carbocycles. The first-order valence-electron chi connectivity index (χ1n) is 10.3. The summed E-state index contributed by atoms with van der Waals surface area (Å²) in [5.41, 5.74) is 0.754. The Balaban J connectivity index is 0.00000363. The van der Waals surface area contributed by atoms with Crippen molar-refractivity contribution in [1.29, 1.82) is 0 Å². The Bertz CT molecular complexity index is 1000. The Morgan fingerprint density at radius 1 is 1.19 bits per heavy atom. The fourth-order valence-electron chi connectivity index (χ4n) is 2.93. The van der Waals surface area contributed by atoms with Crippen molar-refractivity contribution in [2.75, 3.05) is 26.7 Å². The lowest BCUT2D eigenvalue weighted by molar-refractivity contribution is 0.285. The molecule has 1 aliphatic carbocycles. The molecule has 0 saturated heterocycles. The fourth-order valence-corrected chi connectivity index (χ4v) is 3.98. The van der Waals surface area contributed by atoms with Gasteiger partial charge in [-0.15, -0.1) is 24.0 Å². The zero-order chi connectivity index (χ0) is 22.3. The molecule has 1 saturated carbocycles. The molecule has 3 rings (SSSR count). The molecule has 1 aliphatic rings. The van der Waals surface area contributed by atoms with E-state index < -0.39 is 10.0 Å². The quantitative estimate of drug-likeness (QED) is 0.175. The second kappa shape index (κ2) is 12.4. The summed E-state index contributed by atoms with van der Waals surface area (Å²) in [6, 6.07) is 12.9. The number of halogens is 2. The molecule has 1 atom stereocenters. The summed E-state index contributed by atoms with van der Waals surface area (Å²) in [7, 11) is -1.93. The van der Waals surface area contributed by atoms with E-state index in [1.165, 1.54) is 6.07 Å². The van der Waals surface area contributed by atoms with E-state index in [1.54, 1.807) is 43.4 Å². The summed E-state index contributed by atoms with van der Waals surface area (Å²) in [5.74, 6) is 0.938. The molecule has 0 spiro atoms. The van der Waals surface area contributed by atoms with Crippen molar-refractivity contribution in [1.82, 2.24) is 15.4 Å². The first-order valence-corrected chi connectivity index (χ1v) is 11.8. The lowest BCUT2D eigenvalue weighted by Gasteiger charge is -2.19. The molecule has 1 fully saturated rings. The van der Waals surface area contributed by atoms with E-state index in [0.717, 1.165) is 18.4 Å². The van der Waals surface area contributed by atoms with Gasteiger partial charge in [-0.25, -0.2) is 17.5 Å². The van der Waals surface area contributed by atoms with Crippen LogP contribution in [-0.2, 0) is 10.0 Å². The number of hydrogen-bond donors (Lipinski definition) is 3.